The standard InChI is InChI=1S/C19H28N4O4S/c1-26-17(24)16-13-20-18(28-16)22-7-5-15(6-8-22)27-19(25)23-11-9-21(10-12-23)14-3-2-4-14/h13-15H,2-12H2,1H3. The highest BCUT2D eigenvalue weighted by molar-refractivity contribution is 7.17. The van der Waals surface area contributed by atoms with E-state index in [1.807, 2.05) is 4.90 Å². The van der Waals surface area contributed by atoms with Gasteiger partial charge in [-0.25, -0.2) is 14.6 Å². The van der Waals surface area contributed by atoms with Crippen LogP contribution in [0.4, 0.5) is 9.93 Å². The molecule has 1 aromatic rings. The lowest BCUT2D eigenvalue weighted by atomic mass is 9.91. The van der Waals surface area contributed by atoms with Gasteiger partial charge in [0.25, 0.3) is 0 Å². The van der Waals surface area contributed by atoms with E-state index in [0.717, 1.165) is 63.3 Å². The van der Waals surface area contributed by atoms with Crippen LogP contribution in [0.15, 0.2) is 6.20 Å². The molecule has 4 rings (SSSR count). The van der Waals surface area contributed by atoms with Crippen LogP contribution in [0.3, 0.4) is 0 Å². The number of thiazole rings is 1. The average molecular weight is 409 g/mol. The van der Waals surface area contributed by atoms with Crippen molar-refractivity contribution in [3.05, 3.63) is 11.1 Å². The summed E-state index contributed by atoms with van der Waals surface area (Å²) in [5.41, 5.74) is 0. The third-order valence-electron chi connectivity index (χ3n) is 6.02. The van der Waals surface area contributed by atoms with E-state index in [1.54, 1.807) is 6.20 Å². The molecule has 2 saturated heterocycles. The number of esters is 1. The summed E-state index contributed by atoms with van der Waals surface area (Å²) in [6.45, 7) is 4.99. The summed E-state index contributed by atoms with van der Waals surface area (Å²) in [7, 11) is 1.37. The van der Waals surface area contributed by atoms with Gasteiger partial charge in [0, 0.05) is 58.2 Å². The molecule has 0 radical (unpaired) electrons. The molecule has 1 aliphatic carbocycles. The molecule has 0 aromatic carbocycles. The summed E-state index contributed by atoms with van der Waals surface area (Å²) < 4.78 is 10.5. The lowest BCUT2D eigenvalue weighted by molar-refractivity contribution is 0.0230. The van der Waals surface area contributed by atoms with E-state index in [1.165, 1.54) is 37.7 Å². The lowest BCUT2D eigenvalue weighted by Crippen LogP contribution is -2.54. The number of methoxy groups -OCH3 is 1. The third kappa shape index (κ3) is 4.25. The van der Waals surface area contributed by atoms with Gasteiger partial charge >= 0.3 is 12.1 Å². The van der Waals surface area contributed by atoms with Crippen LogP contribution in [0, 0.1) is 0 Å². The Morgan fingerprint density at radius 3 is 2.39 bits per heavy atom. The SMILES string of the molecule is COC(=O)c1cnc(N2CCC(OC(=O)N3CCN(C4CCC4)CC3)CC2)s1. The number of anilines is 1. The molecule has 0 N–H and O–H groups in total. The second-order valence-electron chi connectivity index (χ2n) is 7.68. The molecule has 3 fully saturated rings. The van der Waals surface area contributed by atoms with E-state index in [-0.39, 0.29) is 18.2 Å². The Bertz CT molecular complexity index is 692. The van der Waals surface area contributed by atoms with Gasteiger partial charge in [-0.05, 0) is 12.8 Å². The molecule has 1 saturated carbocycles. The second kappa shape index (κ2) is 8.65. The Balaban J connectivity index is 1.20. The summed E-state index contributed by atoms with van der Waals surface area (Å²) >= 11 is 1.34. The van der Waals surface area contributed by atoms with Crippen LogP contribution in [0.25, 0.3) is 0 Å². The van der Waals surface area contributed by atoms with E-state index in [9.17, 15) is 9.59 Å². The van der Waals surface area contributed by atoms with Gasteiger partial charge < -0.3 is 19.3 Å². The van der Waals surface area contributed by atoms with Crippen molar-refractivity contribution < 1.29 is 19.1 Å². The molecular formula is C19H28N4O4S. The molecule has 0 unspecified atom stereocenters. The zero-order chi connectivity index (χ0) is 19.5. The van der Waals surface area contributed by atoms with Gasteiger partial charge in [0.2, 0.25) is 0 Å². The van der Waals surface area contributed by atoms with E-state index in [2.05, 4.69) is 14.8 Å². The number of nitrogens with zero attached hydrogens (tertiary/aromatic N) is 4. The van der Waals surface area contributed by atoms with Crippen molar-refractivity contribution in [1.29, 1.82) is 0 Å². The Morgan fingerprint density at radius 2 is 1.79 bits per heavy atom. The molecule has 3 heterocycles. The Kier molecular flexibility index (Phi) is 6.01. The van der Waals surface area contributed by atoms with Gasteiger partial charge in [-0.2, -0.15) is 0 Å². The minimum Gasteiger partial charge on any atom is -0.465 e. The minimum absolute atomic E-state index is 0.0477. The number of hydrogen-bond donors (Lipinski definition) is 0. The third-order valence-corrected chi connectivity index (χ3v) is 7.06. The first kappa shape index (κ1) is 19.4. The molecule has 0 atom stereocenters. The van der Waals surface area contributed by atoms with Gasteiger partial charge in [0.15, 0.2) is 5.13 Å². The molecule has 1 amide bonds. The van der Waals surface area contributed by atoms with Crippen LogP contribution in [-0.2, 0) is 9.47 Å². The number of carbonyl (C=O) groups excluding carboxylic acids is 2. The maximum absolute atomic E-state index is 12.5. The molecule has 9 heteroatoms. The first-order chi connectivity index (χ1) is 13.6. The Labute approximate surface area is 169 Å². The van der Waals surface area contributed by atoms with Gasteiger partial charge in [-0.3, -0.25) is 4.90 Å². The number of carbonyl (C=O) groups is 2. The van der Waals surface area contributed by atoms with Crippen molar-refractivity contribution in [2.75, 3.05) is 51.3 Å². The highest BCUT2D eigenvalue weighted by atomic mass is 32.1. The smallest absolute Gasteiger partial charge is 0.410 e. The van der Waals surface area contributed by atoms with Crippen molar-refractivity contribution in [3.63, 3.8) is 0 Å². The Morgan fingerprint density at radius 1 is 1.07 bits per heavy atom. The van der Waals surface area contributed by atoms with Gasteiger partial charge in [0.05, 0.1) is 13.3 Å². The van der Waals surface area contributed by atoms with Crippen LogP contribution in [-0.4, -0.2) is 85.4 Å². The maximum Gasteiger partial charge on any atom is 0.410 e. The van der Waals surface area contributed by atoms with Crippen molar-refractivity contribution in [2.24, 2.45) is 0 Å². The lowest BCUT2D eigenvalue weighted by Gasteiger charge is -2.43. The quantitative estimate of drug-likeness (QED) is 0.707. The highest BCUT2D eigenvalue weighted by Gasteiger charge is 2.31. The fourth-order valence-electron chi connectivity index (χ4n) is 4.01. The van der Waals surface area contributed by atoms with Crippen LogP contribution < -0.4 is 4.90 Å². The fourth-order valence-corrected chi connectivity index (χ4v) is 4.90. The molecule has 0 spiro atoms. The number of ether oxygens (including phenoxy) is 2. The van der Waals surface area contributed by atoms with Crippen LogP contribution in [0.1, 0.15) is 41.8 Å². The molecule has 3 aliphatic rings. The Hall–Kier alpha value is -1.87. The van der Waals surface area contributed by atoms with E-state index in [0.29, 0.717) is 4.88 Å². The van der Waals surface area contributed by atoms with Gasteiger partial charge in [-0.15, -0.1) is 0 Å². The second-order valence-corrected chi connectivity index (χ2v) is 8.69. The van der Waals surface area contributed by atoms with E-state index >= 15 is 0 Å². The number of amides is 1. The first-order valence-electron chi connectivity index (χ1n) is 10.1. The predicted molar refractivity (Wildman–Crippen MR) is 106 cm³/mol. The van der Waals surface area contributed by atoms with Gasteiger partial charge in [-0.1, -0.05) is 17.8 Å². The molecule has 0 bridgehead atoms. The predicted octanol–water partition coefficient (Wildman–Crippen LogP) is 2.21. The molecule has 1 aromatic heterocycles. The normalized spacial score (nSPS) is 22.0. The largest absolute Gasteiger partial charge is 0.465 e. The zero-order valence-corrected chi connectivity index (χ0v) is 17.2. The zero-order valence-electron chi connectivity index (χ0n) is 16.3. The molecule has 2 aliphatic heterocycles. The van der Waals surface area contributed by atoms with Gasteiger partial charge in [0.1, 0.15) is 11.0 Å². The summed E-state index contributed by atoms with van der Waals surface area (Å²) in [4.78, 5) is 35.4. The van der Waals surface area contributed by atoms with E-state index in [4.69, 9.17) is 9.47 Å². The van der Waals surface area contributed by atoms with Crippen LogP contribution in [0.5, 0.6) is 0 Å². The maximum atomic E-state index is 12.5. The molecule has 28 heavy (non-hydrogen) atoms. The number of piperidine rings is 1. The van der Waals surface area contributed by atoms with Crippen molar-refractivity contribution >= 4 is 28.5 Å². The van der Waals surface area contributed by atoms with Crippen molar-refractivity contribution in [1.82, 2.24) is 14.8 Å². The molecular weight excluding hydrogens is 380 g/mol. The highest BCUT2D eigenvalue weighted by Crippen LogP contribution is 2.28. The first-order valence-corrected chi connectivity index (χ1v) is 10.9. The average Bonchev–Trinajstić information content (AvgIpc) is 3.17. The number of piperazine rings is 1. The summed E-state index contributed by atoms with van der Waals surface area (Å²) in [6.07, 6.45) is 6.86. The summed E-state index contributed by atoms with van der Waals surface area (Å²) in [5, 5.41) is 0.817. The van der Waals surface area contributed by atoms with Crippen LogP contribution in [0.2, 0.25) is 0 Å². The minimum atomic E-state index is -0.357. The summed E-state index contributed by atoms with van der Waals surface area (Å²) in [6, 6.07) is 0.744. The summed E-state index contributed by atoms with van der Waals surface area (Å²) in [5.74, 6) is -0.357. The number of aromatic nitrogens is 1. The van der Waals surface area contributed by atoms with Crippen LogP contribution >= 0.6 is 11.3 Å². The molecule has 8 nitrogen and oxygen atoms in total. The fraction of sp³-hybridized carbons (Fsp3) is 0.737. The van der Waals surface area contributed by atoms with Crippen molar-refractivity contribution in [3.8, 4) is 0 Å². The van der Waals surface area contributed by atoms with Crippen molar-refractivity contribution in [2.45, 2.75) is 44.2 Å². The number of rotatable bonds is 4. The molecule has 154 valence electrons. The topological polar surface area (TPSA) is 75.2 Å². The van der Waals surface area contributed by atoms with E-state index < -0.39 is 0 Å². The number of hydrogen-bond acceptors (Lipinski definition) is 8. The monoisotopic (exact) mass is 408 g/mol.